The number of hydrogen-bond acceptors (Lipinski definition) is 3. The van der Waals surface area contributed by atoms with Crippen LogP contribution in [0.25, 0.3) is 0 Å². The Kier molecular flexibility index (Phi) is 6.37. The van der Waals surface area contributed by atoms with Gasteiger partial charge in [0, 0.05) is 17.8 Å². The number of nitrogens with zero attached hydrogens (tertiary/aromatic N) is 1. The van der Waals surface area contributed by atoms with Crippen molar-refractivity contribution >= 4 is 35.0 Å². The highest BCUT2D eigenvalue weighted by Crippen LogP contribution is 2.42. The summed E-state index contributed by atoms with van der Waals surface area (Å²) in [5.41, 5.74) is 4.02. The van der Waals surface area contributed by atoms with E-state index in [9.17, 15) is 9.59 Å². The van der Waals surface area contributed by atoms with Crippen molar-refractivity contribution in [2.24, 2.45) is 5.92 Å². The number of nitrogens with one attached hydrogen (secondary N) is 1. The van der Waals surface area contributed by atoms with Crippen LogP contribution in [0.5, 0.6) is 0 Å². The van der Waals surface area contributed by atoms with Crippen LogP contribution in [0.15, 0.2) is 48.5 Å². The van der Waals surface area contributed by atoms with Crippen molar-refractivity contribution in [1.29, 1.82) is 0 Å². The third kappa shape index (κ3) is 5.21. The van der Waals surface area contributed by atoms with Crippen LogP contribution < -0.4 is 10.2 Å². The monoisotopic (exact) mass is 410 g/mol. The molecule has 154 valence electrons. The second kappa shape index (κ2) is 8.62. The zero-order valence-corrected chi connectivity index (χ0v) is 18.7. The maximum Gasteiger partial charge on any atom is 0.238 e. The quantitative estimate of drug-likeness (QED) is 0.683. The molecular weight excluding hydrogens is 380 g/mol. The van der Waals surface area contributed by atoms with Crippen molar-refractivity contribution in [3.8, 4) is 0 Å². The fourth-order valence-corrected chi connectivity index (χ4v) is 4.59. The van der Waals surface area contributed by atoms with Gasteiger partial charge < -0.3 is 5.32 Å². The number of amides is 2. The molecule has 1 atom stereocenters. The van der Waals surface area contributed by atoms with E-state index in [0.717, 1.165) is 16.9 Å². The summed E-state index contributed by atoms with van der Waals surface area (Å²) in [7, 11) is 0. The number of hydrogen-bond donors (Lipinski definition) is 1. The molecule has 0 aromatic heterocycles. The number of rotatable bonds is 5. The van der Waals surface area contributed by atoms with E-state index in [1.54, 1.807) is 11.8 Å². The van der Waals surface area contributed by atoms with Gasteiger partial charge in [0.15, 0.2) is 0 Å². The summed E-state index contributed by atoms with van der Waals surface area (Å²) in [5, 5.41) is 2.88. The summed E-state index contributed by atoms with van der Waals surface area (Å²) in [6, 6.07) is 16.1. The maximum absolute atomic E-state index is 12.7. The van der Waals surface area contributed by atoms with E-state index in [1.165, 1.54) is 5.56 Å². The van der Waals surface area contributed by atoms with Crippen LogP contribution in [0.2, 0.25) is 0 Å². The third-order valence-electron chi connectivity index (χ3n) is 4.93. The lowest BCUT2D eigenvalue weighted by Gasteiger charge is -2.26. The van der Waals surface area contributed by atoms with Crippen molar-refractivity contribution in [2.75, 3.05) is 16.0 Å². The van der Waals surface area contributed by atoms with Crippen molar-refractivity contribution in [2.45, 2.75) is 51.8 Å². The Bertz CT molecular complexity index is 884. The van der Waals surface area contributed by atoms with Gasteiger partial charge in [-0.3, -0.25) is 14.5 Å². The summed E-state index contributed by atoms with van der Waals surface area (Å²) >= 11 is 1.62. The molecule has 2 aromatic rings. The Morgan fingerprint density at radius 2 is 1.86 bits per heavy atom. The second-order valence-electron chi connectivity index (χ2n) is 9.00. The Labute approximate surface area is 178 Å². The molecule has 1 aliphatic heterocycles. The first-order chi connectivity index (χ1) is 13.6. The van der Waals surface area contributed by atoms with Gasteiger partial charge in [-0.1, -0.05) is 58.9 Å². The average Bonchev–Trinajstić information content (AvgIpc) is 3.02. The second-order valence-corrected chi connectivity index (χ2v) is 10.1. The van der Waals surface area contributed by atoms with E-state index >= 15 is 0 Å². The van der Waals surface area contributed by atoms with Gasteiger partial charge in [-0.15, -0.1) is 11.8 Å². The van der Waals surface area contributed by atoms with Gasteiger partial charge in [0.25, 0.3) is 0 Å². The van der Waals surface area contributed by atoms with Crippen LogP contribution >= 0.6 is 11.8 Å². The molecule has 4 nitrogen and oxygen atoms in total. The van der Waals surface area contributed by atoms with Crippen molar-refractivity contribution < 1.29 is 9.59 Å². The molecule has 1 N–H and O–H groups in total. The van der Waals surface area contributed by atoms with Crippen LogP contribution in [0.3, 0.4) is 0 Å². The first-order valence-corrected chi connectivity index (χ1v) is 11.1. The van der Waals surface area contributed by atoms with Gasteiger partial charge in [0.1, 0.15) is 5.37 Å². The standard InChI is InChI=1S/C24H30N2O2S/c1-16(2)13-21(27)25-19-8-6-7-17(14-19)23-26(22(28)15-29-23)20-11-9-18(10-12-20)24(3,4)5/h6-12,14,16,23H,13,15H2,1-5H3,(H,25,27). The highest BCUT2D eigenvalue weighted by atomic mass is 32.2. The third-order valence-corrected chi connectivity index (χ3v) is 6.14. The van der Waals surface area contributed by atoms with Crippen LogP contribution in [0, 0.1) is 5.92 Å². The fourth-order valence-electron chi connectivity index (χ4n) is 3.42. The SMILES string of the molecule is CC(C)CC(=O)Nc1cccc(C2SCC(=O)N2c2ccc(C(C)(C)C)cc2)c1. The van der Waals surface area contributed by atoms with Gasteiger partial charge in [-0.25, -0.2) is 0 Å². The van der Waals surface area contributed by atoms with Gasteiger partial charge in [-0.2, -0.15) is 0 Å². The fraction of sp³-hybridized carbons (Fsp3) is 0.417. The number of carbonyl (C=O) groups is 2. The largest absolute Gasteiger partial charge is 0.326 e. The van der Waals surface area contributed by atoms with Gasteiger partial charge in [-0.05, 0) is 46.7 Å². The molecule has 1 saturated heterocycles. The lowest BCUT2D eigenvalue weighted by molar-refractivity contribution is -0.117. The molecule has 0 spiro atoms. The number of carbonyl (C=O) groups excluding carboxylic acids is 2. The van der Waals surface area contributed by atoms with Crippen LogP contribution in [0.1, 0.15) is 57.5 Å². The number of benzene rings is 2. The molecule has 1 heterocycles. The predicted octanol–water partition coefficient (Wildman–Crippen LogP) is 5.75. The molecule has 29 heavy (non-hydrogen) atoms. The van der Waals surface area contributed by atoms with Gasteiger partial charge in [0.05, 0.1) is 5.75 Å². The smallest absolute Gasteiger partial charge is 0.238 e. The Hall–Kier alpha value is -2.27. The summed E-state index contributed by atoms with van der Waals surface area (Å²) < 4.78 is 0. The predicted molar refractivity (Wildman–Crippen MR) is 122 cm³/mol. The van der Waals surface area contributed by atoms with E-state index in [-0.39, 0.29) is 22.6 Å². The summed E-state index contributed by atoms with van der Waals surface area (Å²) in [5.74, 6) is 0.891. The lowest BCUT2D eigenvalue weighted by Crippen LogP contribution is -2.28. The Morgan fingerprint density at radius 1 is 1.17 bits per heavy atom. The summed E-state index contributed by atoms with van der Waals surface area (Å²) in [6.07, 6.45) is 0.493. The van der Waals surface area contributed by atoms with Gasteiger partial charge >= 0.3 is 0 Å². The minimum Gasteiger partial charge on any atom is -0.326 e. The molecule has 0 saturated carbocycles. The zero-order valence-electron chi connectivity index (χ0n) is 17.9. The van der Waals surface area contributed by atoms with E-state index < -0.39 is 0 Å². The van der Waals surface area contributed by atoms with Crippen molar-refractivity contribution in [1.82, 2.24) is 0 Å². The molecular formula is C24H30N2O2S. The molecule has 0 aliphatic carbocycles. The maximum atomic E-state index is 12.7. The van der Waals surface area contributed by atoms with Crippen LogP contribution in [0.4, 0.5) is 11.4 Å². The molecule has 1 fully saturated rings. The highest BCUT2D eigenvalue weighted by Gasteiger charge is 2.34. The summed E-state index contributed by atoms with van der Waals surface area (Å²) in [4.78, 5) is 26.7. The minimum absolute atomic E-state index is 0.0157. The van der Waals surface area contributed by atoms with Crippen LogP contribution in [-0.2, 0) is 15.0 Å². The van der Waals surface area contributed by atoms with E-state index in [4.69, 9.17) is 0 Å². The average molecular weight is 411 g/mol. The molecule has 0 radical (unpaired) electrons. The first-order valence-electron chi connectivity index (χ1n) is 10.1. The number of anilines is 2. The Balaban J connectivity index is 1.83. The molecule has 1 aliphatic rings. The highest BCUT2D eigenvalue weighted by molar-refractivity contribution is 8.00. The van der Waals surface area contributed by atoms with Crippen LogP contribution in [-0.4, -0.2) is 17.6 Å². The van der Waals surface area contributed by atoms with E-state index in [2.05, 4.69) is 38.2 Å². The zero-order chi connectivity index (χ0) is 21.2. The molecule has 0 bridgehead atoms. The molecule has 2 amide bonds. The molecule has 2 aromatic carbocycles. The summed E-state index contributed by atoms with van der Waals surface area (Å²) in [6.45, 7) is 10.6. The first kappa shape index (κ1) is 21.4. The minimum atomic E-state index is -0.0927. The Morgan fingerprint density at radius 3 is 2.48 bits per heavy atom. The van der Waals surface area contributed by atoms with Crippen molar-refractivity contribution in [3.05, 3.63) is 59.7 Å². The van der Waals surface area contributed by atoms with E-state index in [1.807, 2.05) is 55.1 Å². The normalized spacial score (nSPS) is 17.1. The lowest BCUT2D eigenvalue weighted by atomic mass is 9.87. The van der Waals surface area contributed by atoms with Gasteiger partial charge in [0.2, 0.25) is 11.8 Å². The molecule has 1 unspecified atom stereocenters. The number of thioether (sulfide) groups is 1. The van der Waals surface area contributed by atoms with E-state index in [0.29, 0.717) is 18.1 Å². The molecule has 3 rings (SSSR count). The molecule has 5 heteroatoms. The van der Waals surface area contributed by atoms with Crippen molar-refractivity contribution in [3.63, 3.8) is 0 Å². The topological polar surface area (TPSA) is 49.4 Å².